The van der Waals surface area contributed by atoms with Gasteiger partial charge in [0.25, 0.3) is 0 Å². The molecule has 1 saturated heterocycles. The summed E-state index contributed by atoms with van der Waals surface area (Å²) in [4.78, 5) is 15.3. The molecule has 0 unspecified atom stereocenters. The van der Waals surface area contributed by atoms with Gasteiger partial charge in [0.2, 0.25) is 0 Å². The lowest BCUT2D eigenvalue weighted by Gasteiger charge is -2.23. The van der Waals surface area contributed by atoms with Gasteiger partial charge in [-0.3, -0.25) is 4.57 Å². The molecule has 2 heterocycles. The van der Waals surface area contributed by atoms with Gasteiger partial charge in [0, 0.05) is 6.20 Å². The Morgan fingerprint density at radius 1 is 1.82 bits per heavy atom. The summed E-state index contributed by atoms with van der Waals surface area (Å²) in [5.74, 6) is 0.182. The molecule has 0 spiro atoms. The topological polar surface area (TPSA) is 90.4 Å². The maximum absolute atomic E-state index is 11.6. The monoisotopic (exact) mass is 237 g/mol. The van der Waals surface area contributed by atoms with Gasteiger partial charge >= 0.3 is 5.69 Å². The molecule has 6 nitrogen and oxygen atoms in total. The fraction of sp³-hybridized carbons (Fsp3) is 0.455. The SMILES string of the molecule is C=C[C@@]1(CO)CC[C@H](n2ccc(N)nc2=O)O1. The predicted molar refractivity (Wildman–Crippen MR) is 62.3 cm³/mol. The summed E-state index contributed by atoms with van der Waals surface area (Å²) in [6, 6.07) is 1.54. The van der Waals surface area contributed by atoms with Crippen molar-refractivity contribution in [1.29, 1.82) is 0 Å². The first-order chi connectivity index (χ1) is 8.10. The highest BCUT2D eigenvalue weighted by Crippen LogP contribution is 2.36. The van der Waals surface area contributed by atoms with E-state index in [1.807, 2.05) is 0 Å². The van der Waals surface area contributed by atoms with Crippen LogP contribution >= 0.6 is 0 Å². The van der Waals surface area contributed by atoms with Crippen molar-refractivity contribution in [3.63, 3.8) is 0 Å². The van der Waals surface area contributed by atoms with Crippen LogP contribution in [0.4, 0.5) is 5.82 Å². The number of ether oxygens (including phenoxy) is 1. The van der Waals surface area contributed by atoms with Crippen molar-refractivity contribution >= 4 is 5.82 Å². The second kappa shape index (κ2) is 4.31. The maximum atomic E-state index is 11.6. The van der Waals surface area contributed by atoms with Gasteiger partial charge in [0.15, 0.2) is 0 Å². The number of nitrogen functional groups attached to an aromatic ring is 1. The fourth-order valence-electron chi connectivity index (χ4n) is 1.93. The molecule has 92 valence electrons. The average Bonchev–Trinajstić information content (AvgIpc) is 2.74. The van der Waals surface area contributed by atoms with Crippen LogP contribution in [0.3, 0.4) is 0 Å². The van der Waals surface area contributed by atoms with Crippen molar-refractivity contribution in [1.82, 2.24) is 9.55 Å². The summed E-state index contributed by atoms with van der Waals surface area (Å²) < 4.78 is 7.04. The molecule has 0 aromatic carbocycles. The molecule has 1 aromatic heterocycles. The molecule has 0 aliphatic carbocycles. The molecule has 2 atom stereocenters. The smallest absolute Gasteiger partial charge is 0.351 e. The third-order valence-electron chi connectivity index (χ3n) is 2.99. The molecule has 0 bridgehead atoms. The zero-order valence-electron chi connectivity index (χ0n) is 9.37. The molecule has 6 heteroatoms. The van der Waals surface area contributed by atoms with Crippen LogP contribution in [0, 0.1) is 0 Å². The van der Waals surface area contributed by atoms with E-state index in [0.717, 1.165) is 0 Å². The van der Waals surface area contributed by atoms with Crippen molar-refractivity contribution < 1.29 is 9.84 Å². The van der Waals surface area contributed by atoms with E-state index in [-0.39, 0.29) is 12.4 Å². The molecule has 3 N–H and O–H groups in total. The van der Waals surface area contributed by atoms with Gasteiger partial charge in [-0.25, -0.2) is 4.79 Å². The van der Waals surface area contributed by atoms with Crippen LogP contribution in [0.25, 0.3) is 0 Å². The zero-order chi connectivity index (χ0) is 12.5. The Balaban J connectivity index is 2.26. The first-order valence-corrected chi connectivity index (χ1v) is 5.37. The first kappa shape index (κ1) is 11.8. The summed E-state index contributed by atoms with van der Waals surface area (Å²) >= 11 is 0. The summed E-state index contributed by atoms with van der Waals surface area (Å²) in [6.45, 7) is 3.49. The molecule has 1 aromatic rings. The molecule has 1 fully saturated rings. The Bertz CT molecular complexity index is 485. The number of aliphatic hydroxyl groups excluding tert-OH is 1. The quantitative estimate of drug-likeness (QED) is 0.725. The summed E-state index contributed by atoms with van der Waals surface area (Å²) in [5.41, 5.74) is 4.20. The third-order valence-corrected chi connectivity index (χ3v) is 2.99. The van der Waals surface area contributed by atoms with Crippen LogP contribution in [0.1, 0.15) is 19.1 Å². The Hall–Kier alpha value is -1.66. The van der Waals surface area contributed by atoms with E-state index in [1.54, 1.807) is 12.3 Å². The summed E-state index contributed by atoms with van der Waals surface area (Å²) in [6.07, 6.45) is 3.93. The van der Waals surface area contributed by atoms with Gasteiger partial charge in [-0.05, 0) is 18.9 Å². The number of nitrogens with two attached hydrogens (primary N) is 1. The molecule has 0 amide bonds. The predicted octanol–water partition coefficient (Wildman–Crippen LogP) is 0.0516. The van der Waals surface area contributed by atoms with E-state index < -0.39 is 17.5 Å². The number of aromatic nitrogens is 2. The van der Waals surface area contributed by atoms with Gasteiger partial charge in [-0.1, -0.05) is 6.08 Å². The van der Waals surface area contributed by atoms with Gasteiger partial charge < -0.3 is 15.6 Å². The minimum Gasteiger partial charge on any atom is -0.393 e. The van der Waals surface area contributed by atoms with E-state index in [4.69, 9.17) is 10.5 Å². The number of hydrogen-bond donors (Lipinski definition) is 2. The summed E-state index contributed by atoms with van der Waals surface area (Å²) in [5, 5.41) is 9.28. The van der Waals surface area contributed by atoms with Crippen molar-refractivity contribution in [3.05, 3.63) is 35.4 Å². The van der Waals surface area contributed by atoms with E-state index in [9.17, 15) is 9.90 Å². The van der Waals surface area contributed by atoms with Crippen LogP contribution in [0.5, 0.6) is 0 Å². The Kier molecular flexibility index (Phi) is 2.99. The third kappa shape index (κ3) is 2.09. The molecule has 1 aliphatic rings. The average molecular weight is 237 g/mol. The summed E-state index contributed by atoms with van der Waals surface area (Å²) in [7, 11) is 0. The molecular formula is C11H15N3O3. The minimum absolute atomic E-state index is 0.149. The van der Waals surface area contributed by atoms with Crippen molar-refractivity contribution in [2.24, 2.45) is 0 Å². The minimum atomic E-state index is -0.758. The van der Waals surface area contributed by atoms with E-state index >= 15 is 0 Å². The normalized spacial score (nSPS) is 28.2. The van der Waals surface area contributed by atoms with Gasteiger partial charge in [-0.15, -0.1) is 6.58 Å². The lowest BCUT2D eigenvalue weighted by molar-refractivity contribution is -0.0704. The lowest BCUT2D eigenvalue weighted by Crippen LogP contribution is -2.33. The highest BCUT2D eigenvalue weighted by molar-refractivity contribution is 5.23. The highest BCUT2D eigenvalue weighted by atomic mass is 16.5. The van der Waals surface area contributed by atoms with Crippen LogP contribution in [-0.2, 0) is 4.74 Å². The van der Waals surface area contributed by atoms with Crippen molar-refractivity contribution in [2.45, 2.75) is 24.7 Å². The molecule has 0 radical (unpaired) electrons. The van der Waals surface area contributed by atoms with Crippen LogP contribution < -0.4 is 11.4 Å². The van der Waals surface area contributed by atoms with Gasteiger partial charge in [-0.2, -0.15) is 4.98 Å². The number of hydrogen-bond acceptors (Lipinski definition) is 5. The molecular weight excluding hydrogens is 222 g/mol. The first-order valence-electron chi connectivity index (χ1n) is 5.37. The van der Waals surface area contributed by atoms with Crippen LogP contribution in [0.2, 0.25) is 0 Å². The highest BCUT2D eigenvalue weighted by Gasteiger charge is 2.38. The van der Waals surface area contributed by atoms with Crippen LogP contribution in [0.15, 0.2) is 29.7 Å². The Labute approximate surface area is 98.3 Å². The van der Waals surface area contributed by atoms with Gasteiger partial charge in [0.1, 0.15) is 17.6 Å². The number of rotatable bonds is 3. The second-order valence-electron chi connectivity index (χ2n) is 4.08. The zero-order valence-corrected chi connectivity index (χ0v) is 9.37. The van der Waals surface area contributed by atoms with Crippen molar-refractivity contribution in [2.75, 3.05) is 12.3 Å². The van der Waals surface area contributed by atoms with E-state index in [0.29, 0.717) is 12.8 Å². The second-order valence-corrected chi connectivity index (χ2v) is 4.08. The van der Waals surface area contributed by atoms with E-state index in [1.165, 1.54) is 10.6 Å². The number of nitrogens with zero attached hydrogens (tertiary/aromatic N) is 2. The lowest BCUT2D eigenvalue weighted by atomic mass is 10.0. The van der Waals surface area contributed by atoms with E-state index in [2.05, 4.69) is 11.6 Å². The molecule has 0 saturated carbocycles. The Morgan fingerprint density at radius 2 is 2.59 bits per heavy atom. The molecule has 17 heavy (non-hydrogen) atoms. The number of anilines is 1. The molecule has 2 rings (SSSR count). The van der Waals surface area contributed by atoms with Gasteiger partial charge in [0.05, 0.1) is 6.61 Å². The van der Waals surface area contributed by atoms with Crippen molar-refractivity contribution in [3.8, 4) is 0 Å². The maximum Gasteiger partial charge on any atom is 0.351 e. The molecule has 1 aliphatic heterocycles. The van der Waals surface area contributed by atoms with Crippen LogP contribution in [-0.4, -0.2) is 26.9 Å². The Morgan fingerprint density at radius 3 is 3.12 bits per heavy atom. The largest absolute Gasteiger partial charge is 0.393 e. The standard InChI is InChI=1S/C11H15N3O3/c1-2-11(7-15)5-3-9(17-11)14-6-4-8(12)13-10(14)16/h2,4,6,9,15H,1,3,5,7H2,(H2,12,13,16)/t9-,11+/m1/s1. The number of aliphatic hydroxyl groups is 1. The fourth-order valence-corrected chi connectivity index (χ4v) is 1.93.